The highest BCUT2D eigenvalue weighted by Crippen LogP contribution is 2.46. The number of carbonyl (C=O) groups is 2. The highest BCUT2D eigenvalue weighted by Gasteiger charge is 2.34. The summed E-state index contributed by atoms with van der Waals surface area (Å²) in [4.78, 5) is 35.1. The van der Waals surface area contributed by atoms with Gasteiger partial charge in [-0.05, 0) is 118 Å². The number of thiocarbonyl (C=S) groups is 2. The normalized spacial score (nSPS) is 19.8. The second kappa shape index (κ2) is 25.2. The largest absolute Gasteiger partial charge is 0.448 e. The number of aromatic nitrogens is 2. The van der Waals surface area contributed by atoms with Crippen molar-refractivity contribution in [1.29, 1.82) is 4.78 Å². The topological polar surface area (TPSA) is 173 Å². The fourth-order valence-electron chi connectivity index (χ4n) is 9.20. The van der Waals surface area contributed by atoms with Gasteiger partial charge in [-0.25, -0.2) is 28.0 Å². The number of benzene rings is 4. The van der Waals surface area contributed by atoms with Crippen LogP contribution in [0.1, 0.15) is 88.8 Å². The second-order valence-electron chi connectivity index (χ2n) is 16.3. The minimum atomic E-state index is -2.69. The van der Waals surface area contributed by atoms with Gasteiger partial charge in [0.2, 0.25) is 5.11 Å². The summed E-state index contributed by atoms with van der Waals surface area (Å²) in [6.07, 6.45) is 5.01. The molecule has 4 unspecified atom stereocenters. The molecule has 2 aliphatic heterocycles. The third-order valence-corrected chi connectivity index (χ3v) is 18.2. The monoisotopic (exact) mass is 1060 g/mol. The van der Waals surface area contributed by atoms with E-state index in [9.17, 15) is 18.0 Å². The fourth-order valence-corrected chi connectivity index (χ4v) is 14.5. The molecular weight excluding hydrogens is 1010 g/mol. The van der Waals surface area contributed by atoms with Crippen LogP contribution in [0.3, 0.4) is 0 Å². The first-order valence-electron chi connectivity index (χ1n) is 22.0. The summed E-state index contributed by atoms with van der Waals surface area (Å²) in [6, 6.07) is 39.5. The lowest BCUT2D eigenvalue weighted by molar-refractivity contribution is 0.148. The van der Waals surface area contributed by atoms with E-state index < -0.39 is 31.6 Å². The number of nitrogens with zero attached hydrogens (tertiary/aromatic N) is 4. The van der Waals surface area contributed by atoms with E-state index in [2.05, 4.69) is 101 Å². The summed E-state index contributed by atoms with van der Waals surface area (Å²) in [5.74, 6) is 0.913. The van der Waals surface area contributed by atoms with Crippen LogP contribution in [0.25, 0.3) is 22.3 Å². The highest BCUT2D eigenvalue weighted by molar-refractivity contribution is 7.95. The summed E-state index contributed by atoms with van der Waals surface area (Å²) >= 11 is 21.2. The number of rotatable bonds is 6. The Balaban J connectivity index is 0.000000188. The van der Waals surface area contributed by atoms with Crippen molar-refractivity contribution in [2.45, 2.75) is 55.4 Å². The minimum absolute atomic E-state index is 0. The van der Waals surface area contributed by atoms with E-state index in [0.717, 1.165) is 52.6 Å². The predicted octanol–water partition coefficient (Wildman–Crippen LogP) is 12.4. The number of hydrogen-bond acceptors (Lipinski definition) is 11. The SMILES string of the molecule is C.N=S1(=O)CCCC1c1ccc(Cl)nc1.O=C(N=C=S)OCC1c2ccccc2-c2ccccc21.O=C(NC(=S)N=S1(=O)CCCC1c1ccc(Cl)nc1)OCC1c2ccccc2-c2ccccc21.[B][B]. The van der Waals surface area contributed by atoms with Crippen molar-refractivity contribution in [2.75, 3.05) is 24.7 Å². The first-order chi connectivity index (χ1) is 33.8. The molecule has 4 atom stereocenters. The van der Waals surface area contributed by atoms with Gasteiger partial charge in [-0.15, -0.1) is 4.99 Å². The Labute approximate surface area is 438 Å². The van der Waals surface area contributed by atoms with Crippen LogP contribution in [0.4, 0.5) is 9.59 Å². The van der Waals surface area contributed by atoms with Crippen molar-refractivity contribution >= 4 is 105 Å². The van der Waals surface area contributed by atoms with Crippen LogP contribution < -0.4 is 5.32 Å². The van der Waals surface area contributed by atoms with Gasteiger partial charge >= 0.3 is 12.2 Å². The van der Waals surface area contributed by atoms with Gasteiger partial charge in [0.25, 0.3) is 0 Å². The number of alkyl carbamates (subject to hydrolysis) is 1. The zero-order chi connectivity index (χ0) is 49.8. The molecule has 6 aromatic rings. The van der Waals surface area contributed by atoms with Gasteiger partial charge in [-0.1, -0.05) is 140 Å². The van der Waals surface area contributed by atoms with Crippen molar-refractivity contribution < 1.29 is 27.5 Å². The zero-order valence-corrected chi connectivity index (χ0v) is 42.2. The first-order valence-corrected chi connectivity index (χ1v) is 27.1. The van der Waals surface area contributed by atoms with Gasteiger partial charge in [0.1, 0.15) is 23.5 Å². The number of pyridine rings is 2. The quantitative estimate of drug-likeness (QED) is 0.0707. The number of halogens is 2. The standard InChI is InChI=1S/C25H22ClN3O3S2.C16H11NO2S.C9H11ClN2OS.CH4.B2/c26-23-12-11-16(14-27-23)22-10-5-13-34(22,31)29-24(33)28-25(30)32-15-21-19-8-3-1-6-17(19)18-7-2-4-9-20(18)21;18-16(17-10-20)19-9-15-13-7-3-1-5-11(13)12-6-2-4-8-14(12)15;10-9-4-3-7(6-12-9)8-2-1-5-14(8,11)13;;1-2/h1-4,6-9,11-12,14,21-22H,5,10,13,15H2,(H,28,30,33);1-8,15H,9H2;3-4,6,8,11H,1-2,5H2;1H4;. The Morgan fingerprint density at radius 3 is 1.54 bits per heavy atom. The predicted molar refractivity (Wildman–Crippen MR) is 293 cm³/mol. The Morgan fingerprint density at radius 1 is 0.690 bits per heavy atom. The fraction of sp³-hybridized carbons (Fsp3) is 0.255. The molecule has 362 valence electrons. The molecule has 4 aliphatic rings. The molecule has 2 saturated heterocycles. The van der Waals surface area contributed by atoms with Gasteiger partial charge < -0.3 is 9.47 Å². The molecule has 2 fully saturated rings. The molecule has 2 amide bonds. The van der Waals surface area contributed by atoms with Crippen LogP contribution in [0.5, 0.6) is 0 Å². The van der Waals surface area contributed by atoms with Crippen LogP contribution in [0.15, 0.2) is 143 Å². The van der Waals surface area contributed by atoms with E-state index >= 15 is 0 Å². The number of isothiocyanates is 1. The van der Waals surface area contributed by atoms with Crippen LogP contribution in [-0.2, 0) is 28.9 Å². The maximum absolute atomic E-state index is 13.5. The van der Waals surface area contributed by atoms with Crippen LogP contribution in [-0.4, -0.2) is 81.0 Å². The summed E-state index contributed by atoms with van der Waals surface area (Å²) in [6.45, 7) is 0.421. The highest BCUT2D eigenvalue weighted by atomic mass is 35.5. The van der Waals surface area contributed by atoms with Gasteiger partial charge in [0.15, 0.2) is 0 Å². The minimum Gasteiger partial charge on any atom is -0.448 e. The Bertz CT molecular complexity index is 3080. The molecule has 0 saturated carbocycles. The molecule has 71 heavy (non-hydrogen) atoms. The lowest BCUT2D eigenvalue weighted by Gasteiger charge is -2.15. The average molecular weight is 1060 g/mol. The number of hydrogen-bond donors (Lipinski definition) is 2. The maximum atomic E-state index is 13.5. The summed E-state index contributed by atoms with van der Waals surface area (Å²) in [5.41, 5.74) is 11.0. The number of nitrogens with one attached hydrogen (secondary N) is 2. The molecule has 12 nitrogen and oxygen atoms in total. The average Bonchev–Trinajstić information content (AvgIpc) is 4.11. The second-order valence-corrected chi connectivity index (χ2v) is 22.6. The number of ether oxygens (including phenoxy) is 2. The Morgan fingerprint density at radius 2 is 1.11 bits per heavy atom. The number of aliphatic imine (C=N–C) groups is 1. The third kappa shape index (κ3) is 13.1. The molecule has 0 bridgehead atoms. The molecular formula is C51H48B2Cl2N6O6S4. The van der Waals surface area contributed by atoms with Crippen LogP contribution in [0, 0.1) is 4.78 Å². The van der Waals surface area contributed by atoms with Gasteiger partial charge in [-0.2, -0.15) is 4.36 Å². The smallest absolute Gasteiger partial charge is 0.442 e. The number of carbonyl (C=O) groups excluding carboxylic acids is 2. The van der Waals surface area contributed by atoms with Crippen LogP contribution >= 0.6 is 47.6 Å². The number of amides is 2. The van der Waals surface area contributed by atoms with E-state index in [1.807, 2.05) is 65.8 Å². The van der Waals surface area contributed by atoms with Crippen molar-refractivity contribution in [3.8, 4) is 22.3 Å². The molecule has 4 radical (unpaired) electrons. The molecule has 0 spiro atoms. The lowest BCUT2D eigenvalue weighted by Crippen LogP contribution is -2.30. The van der Waals surface area contributed by atoms with Crippen molar-refractivity contribution in [2.24, 2.45) is 9.36 Å². The molecule has 4 heterocycles. The summed E-state index contributed by atoms with van der Waals surface area (Å²) < 4.78 is 48.0. The molecule has 2 aliphatic carbocycles. The third-order valence-electron chi connectivity index (χ3n) is 12.2. The maximum Gasteiger partial charge on any atom is 0.442 e. The number of fused-ring (bicyclic) bond motifs is 6. The molecule has 4 aromatic carbocycles. The van der Waals surface area contributed by atoms with Gasteiger partial charge in [0.05, 0.1) is 35.1 Å². The zero-order valence-electron chi connectivity index (χ0n) is 37.4. The first kappa shape index (κ1) is 54.7. The molecule has 2 aromatic heterocycles. The summed E-state index contributed by atoms with van der Waals surface area (Å²) in [7, 11) is 2.88. The van der Waals surface area contributed by atoms with E-state index in [1.54, 1.807) is 24.5 Å². The van der Waals surface area contributed by atoms with Crippen molar-refractivity contribution in [3.63, 3.8) is 0 Å². The van der Waals surface area contributed by atoms with E-state index in [0.29, 0.717) is 28.2 Å². The molecule has 2 N–H and O–H groups in total. The van der Waals surface area contributed by atoms with E-state index in [1.165, 1.54) is 22.3 Å². The van der Waals surface area contributed by atoms with Crippen LogP contribution in [0.2, 0.25) is 10.3 Å². The molecule has 20 heteroatoms. The van der Waals surface area contributed by atoms with Gasteiger partial charge in [-0.3, -0.25) is 10.1 Å². The van der Waals surface area contributed by atoms with E-state index in [-0.39, 0.29) is 48.1 Å². The summed E-state index contributed by atoms with van der Waals surface area (Å²) in [5, 5.41) is 4.71. The van der Waals surface area contributed by atoms with Crippen molar-refractivity contribution in [3.05, 3.63) is 177 Å². The molecule has 10 rings (SSSR count). The Hall–Kier alpha value is -5.58. The lowest BCUT2D eigenvalue weighted by atomic mass is 9.81. The van der Waals surface area contributed by atoms with Gasteiger partial charge in [0, 0.05) is 51.2 Å². The Kier molecular flexibility index (Phi) is 19.4. The van der Waals surface area contributed by atoms with E-state index in [4.69, 9.17) is 49.7 Å². The van der Waals surface area contributed by atoms with Crippen molar-refractivity contribution in [1.82, 2.24) is 15.3 Å².